The van der Waals surface area contributed by atoms with E-state index in [-0.39, 0.29) is 6.04 Å². The van der Waals surface area contributed by atoms with Gasteiger partial charge in [0.15, 0.2) is 11.5 Å². The molecule has 0 spiro atoms. The maximum Gasteiger partial charge on any atom is 0.161 e. The fourth-order valence-corrected chi connectivity index (χ4v) is 3.49. The van der Waals surface area contributed by atoms with Gasteiger partial charge in [-0.3, -0.25) is 0 Å². The second-order valence-electron chi connectivity index (χ2n) is 6.70. The van der Waals surface area contributed by atoms with E-state index in [1.165, 1.54) is 16.7 Å². The maximum atomic E-state index is 5.71. The molecule has 0 saturated heterocycles. The first-order chi connectivity index (χ1) is 12.1. The van der Waals surface area contributed by atoms with Crippen molar-refractivity contribution in [1.29, 1.82) is 0 Å². The number of fused-ring (bicyclic) bond motifs is 1. The highest BCUT2D eigenvalue weighted by molar-refractivity contribution is 5.53. The van der Waals surface area contributed by atoms with Crippen molar-refractivity contribution in [3.8, 4) is 17.2 Å². The van der Waals surface area contributed by atoms with Crippen LogP contribution in [0.4, 0.5) is 0 Å². The molecule has 3 rings (SSSR count). The van der Waals surface area contributed by atoms with Crippen LogP contribution >= 0.6 is 0 Å². The number of methoxy groups -OCH3 is 3. The van der Waals surface area contributed by atoms with Crippen LogP contribution < -0.4 is 19.5 Å². The molecule has 4 nitrogen and oxygen atoms in total. The molecule has 0 aliphatic carbocycles. The summed E-state index contributed by atoms with van der Waals surface area (Å²) in [5, 5.41) is 3.63. The minimum Gasteiger partial charge on any atom is -0.496 e. The van der Waals surface area contributed by atoms with Gasteiger partial charge in [0.1, 0.15) is 5.75 Å². The highest BCUT2D eigenvalue weighted by Crippen LogP contribution is 2.40. The van der Waals surface area contributed by atoms with Crippen LogP contribution in [-0.2, 0) is 6.42 Å². The van der Waals surface area contributed by atoms with Gasteiger partial charge in [-0.05, 0) is 47.2 Å². The summed E-state index contributed by atoms with van der Waals surface area (Å²) in [7, 11) is 5.09. The molecule has 0 aromatic heterocycles. The third-order valence-corrected chi connectivity index (χ3v) is 4.93. The Bertz CT molecular complexity index is 755. The highest BCUT2D eigenvalue weighted by Gasteiger charge is 2.26. The molecule has 1 heterocycles. The highest BCUT2D eigenvalue weighted by atomic mass is 16.5. The van der Waals surface area contributed by atoms with Gasteiger partial charge in [0, 0.05) is 12.1 Å². The van der Waals surface area contributed by atoms with E-state index in [9.17, 15) is 0 Å². The molecule has 2 aromatic rings. The summed E-state index contributed by atoms with van der Waals surface area (Å²) in [6, 6.07) is 10.8. The van der Waals surface area contributed by atoms with Gasteiger partial charge < -0.3 is 19.5 Å². The topological polar surface area (TPSA) is 39.7 Å². The average Bonchev–Trinajstić information content (AvgIpc) is 2.65. The lowest BCUT2D eigenvalue weighted by Crippen LogP contribution is -2.31. The second-order valence-corrected chi connectivity index (χ2v) is 6.70. The van der Waals surface area contributed by atoms with E-state index in [0.717, 1.165) is 35.8 Å². The minimum atomic E-state index is 0.0831. The Labute approximate surface area is 150 Å². The molecule has 1 atom stereocenters. The van der Waals surface area contributed by atoms with Crippen molar-refractivity contribution in [2.75, 3.05) is 27.9 Å². The summed E-state index contributed by atoms with van der Waals surface area (Å²) in [5.74, 6) is 2.93. The van der Waals surface area contributed by atoms with E-state index in [0.29, 0.717) is 5.92 Å². The largest absolute Gasteiger partial charge is 0.496 e. The molecule has 0 bridgehead atoms. The first-order valence-electron chi connectivity index (χ1n) is 8.75. The predicted octanol–water partition coefficient (Wildman–Crippen LogP) is 4.07. The molecule has 134 valence electrons. The molecular weight excluding hydrogens is 314 g/mol. The number of nitrogens with one attached hydrogen (secondary N) is 1. The van der Waals surface area contributed by atoms with Gasteiger partial charge in [0.25, 0.3) is 0 Å². The summed E-state index contributed by atoms with van der Waals surface area (Å²) in [6.07, 6.45) is 0.971. The van der Waals surface area contributed by atoms with Gasteiger partial charge >= 0.3 is 0 Å². The van der Waals surface area contributed by atoms with Crippen LogP contribution in [0.25, 0.3) is 0 Å². The average molecular weight is 341 g/mol. The van der Waals surface area contributed by atoms with Crippen LogP contribution in [0.5, 0.6) is 17.2 Å². The SMILES string of the molecule is COc1cc2c(cc1OC)C(c1ccc(C(C)C)cc1OC)NCC2. The van der Waals surface area contributed by atoms with Crippen LogP contribution in [0, 0.1) is 0 Å². The zero-order valence-corrected chi connectivity index (χ0v) is 15.7. The molecule has 1 aliphatic rings. The second kappa shape index (κ2) is 7.36. The van der Waals surface area contributed by atoms with Crippen molar-refractivity contribution >= 4 is 0 Å². The number of benzene rings is 2. The van der Waals surface area contributed by atoms with E-state index in [2.05, 4.69) is 49.5 Å². The number of hydrogen-bond donors (Lipinski definition) is 1. The van der Waals surface area contributed by atoms with Gasteiger partial charge in [0.05, 0.1) is 27.4 Å². The van der Waals surface area contributed by atoms with Crippen molar-refractivity contribution in [1.82, 2.24) is 5.32 Å². The maximum absolute atomic E-state index is 5.71. The van der Waals surface area contributed by atoms with Crippen LogP contribution in [0.3, 0.4) is 0 Å². The van der Waals surface area contributed by atoms with Gasteiger partial charge in [-0.2, -0.15) is 0 Å². The molecule has 4 heteroatoms. The van der Waals surface area contributed by atoms with Gasteiger partial charge in [-0.15, -0.1) is 0 Å². The fourth-order valence-electron chi connectivity index (χ4n) is 3.49. The fraction of sp³-hybridized carbons (Fsp3) is 0.429. The quantitative estimate of drug-likeness (QED) is 0.890. The Kier molecular flexibility index (Phi) is 5.19. The van der Waals surface area contributed by atoms with Crippen LogP contribution in [-0.4, -0.2) is 27.9 Å². The zero-order valence-electron chi connectivity index (χ0n) is 15.7. The molecule has 0 amide bonds. The summed E-state index contributed by atoms with van der Waals surface area (Å²) in [5.41, 5.74) is 4.94. The Morgan fingerprint density at radius 1 is 0.880 bits per heavy atom. The molecule has 1 N–H and O–H groups in total. The molecular formula is C21H27NO3. The Morgan fingerprint density at radius 3 is 2.20 bits per heavy atom. The summed E-state index contributed by atoms with van der Waals surface area (Å²) >= 11 is 0. The lowest BCUT2D eigenvalue weighted by Gasteiger charge is -2.29. The standard InChI is InChI=1S/C21H27NO3/c1-13(2)14-6-7-16(18(10-14)23-3)21-17-12-20(25-5)19(24-4)11-15(17)8-9-22-21/h6-7,10-13,21-22H,8-9H2,1-5H3. The summed E-state index contributed by atoms with van der Waals surface area (Å²) in [4.78, 5) is 0. The predicted molar refractivity (Wildman–Crippen MR) is 100 cm³/mol. The lowest BCUT2D eigenvalue weighted by atomic mass is 9.88. The van der Waals surface area contributed by atoms with E-state index in [1.807, 2.05) is 0 Å². The van der Waals surface area contributed by atoms with E-state index in [4.69, 9.17) is 14.2 Å². The third kappa shape index (κ3) is 3.31. The zero-order chi connectivity index (χ0) is 18.0. The third-order valence-electron chi connectivity index (χ3n) is 4.93. The van der Waals surface area contributed by atoms with E-state index < -0.39 is 0 Å². The minimum absolute atomic E-state index is 0.0831. The molecule has 1 unspecified atom stereocenters. The summed E-state index contributed by atoms with van der Waals surface area (Å²) < 4.78 is 16.7. The molecule has 1 aliphatic heterocycles. The molecule has 0 saturated carbocycles. The van der Waals surface area contributed by atoms with Crippen LogP contribution in [0.15, 0.2) is 30.3 Å². The van der Waals surface area contributed by atoms with Crippen molar-refractivity contribution in [3.63, 3.8) is 0 Å². The Morgan fingerprint density at radius 2 is 1.56 bits per heavy atom. The number of rotatable bonds is 5. The lowest BCUT2D eigenvalue weighted by molar-refractivity contribution is 0.352. The molecule has 2 aromatic carbocycles. The van der Waals surface area contributed by atoms with Gasteiger partial charge in [0.2, 0.25) is 0 Å². The number of hydrogen-bond acceptors (Lipinski definition) is 4. The van der Waals surface area contributed by atoms with Crippen LogP contribution in [0.1, 0.15) is 48.1 Å². The van der Waals surface area contributed by atoms with Crippen molar-refractivity contribution < 1.29 is 14.2 Å². The molecule has 0 radical (unpaired) electrons. The first kappa shape index (κ1) is 17.6. The van der Waals surface area contributed by atoms with Crippen molar-refractivity contribution in [2.24, 2.45) is 0 Å². The number of ether oxygens (including phenoxy) is 3. The Balaban J connectivity index is 2.09. The van der Waals surface area contributed by atoms with E-state index >= 15 is 0 Å². The van der Waals surface area contributed by atoms with Crippen molar-refractivity contribution in [2.45, 2.75) is 32.2 Å². The van der Waals surface area contributed by atoms with E-state index in [1.54, 1.807) is 21.3 Å². The monoisotopic (exact) mass is 341 g/mol. The molecule has 25 heavy (non-hydrogen) atoms. The van der Waals surface area contributed by atoms with Crippen molar-refractivity contribution in [3.05, 3.63) is 52.6 Å². The van der Waals surface area contributed by atoms with Gasteiger partial charge in [-0.1, -0.05) is 26.0 Å². The molecule has 0 fully saturated rings. The van der Waals surface area contributed by atoms with Crippen LogP contribution in [0.2, 0.25) is 0 Å². The summed E-state index contributed by atoms with van der Waals surface area (Å²) in [6.45, 7) is 5.31. The first-order valence-corrected chi connectivity index (χ1v) is 8.75. The Hall–Kier alpha value is -2.20. The smallest absolute Gasteiger partial charge is 0.161 e. The van der Waals surface area contributed by atoms with Gasteiger partial charge in [-0.25, -0.2) is 0 Å². The normalized spacial score (nSPS) is 16.5.